The summed E-state index contributed by atoms with van der Waals surface area (Å²) in [5, 5.41) is 9.11. The van der Waals surface area contributed by atoms with Crippen molar-refractivity contribution in [2.24, 2.45) is 5.41 Å². The zero-order valence-electron chi connectivity index (χ0n) is 7.75. The van der Waals surface area contributed by atoms with Gasteiger partial charge in [0.15, 0.2) is 0 Å². The summed E-state index contributed by atoms with van der Waals surface area (Å²) in [6.07, 6.45) is 6.90. The molecule has 70 valence electrons. The molecule has 0 amide bonds. The lowest BCUT2D eigenvalue weighted by Crippen LogP contribution is -2.20. The van der Waals surface area contributed by atoms with Gasteiger partial charge >= 0.3 is 0 Å². The second-order valence-corrected chi connectivity index (χ2v) is 4.08. The SMILES string of the molecule is CC(O)CCC1(C=O)CCCC1. The van der Waals surface area contributed by atoms with Gasteiger partial charge in [0.1, 0.15) is 6.29 Å². The molecule has 1 atom stereocenters. The average molecular weight is 170 g/mol. The Kier molecular flexibility index (Phi) is 3.27. The van der Waals surface area contributed by atoms with Crippen LogP contribution in [0.4, 0.5) is 0 Å². The molecule has 0 aromatic rings. The van der Waals surface area contributed by atoms with E-state index < -0.39 is 0 Å². The molecule has 1 saturated carbocycles. The molecule has 0 heterocycles. The summed E-state index contributed by atoms with van der Waals surface area (Å²) in [5.41, 5.74) is -0.0724. The van der Waals surface area contributed by atoms with Crippen LogP contribution in [0.25, 0.3) is 0 Å². The van der Waals surface area contributed by atoms with Crippen LogP contribution in [-0.2, 0) is 4.79 Å². The molecule has 12 heavy (non-hydrogen) atoms. The van der Waals surface area contributed by atoms with Crippen molar-refractivity contribution < 1.29 is 9.90 Å². The third-order valence-electron chi connectivity index (χ3n) is 2.91. The molecule has 0 radical (unpaired) electrons. The van der Waals surface area contributed by atoms with Gasteiger partial charge in [-0.25, -0.2) is 0 Å². The highest BCUT2D eigenvalue weighted by Crippen LogP contribution is 2.40. The Morgan fingerprint density at radius 2 is 2.08 bits per heavy atom. The first-order valence-electron chi connectivity index (χ1n) is 4.83. The van der Waals surface area contributed by atoms with Gasteiger partial charge in [-0.05, 0) is 32.6 Å². The molecule has 0 aliphatic heterocycles. The molecule has 0 spiro atoms. The first kappa shape index (κ1) is 9.72. The fraction of sp³-hybridized carbons (Fsp3) is 0.900. The van der Waals surface area contributed by atoms with E-state index in [1.54, 1.807) is 6.92 Å². The molecule has 1 aliphatic rings. The molecule has 1 rings (SSSR count). The normalized spacial score (nSPS) is 23.8. The number of hydrogen-bond donors (Lipinski definition) is 1. The minimum atomic E-state index is -0.262. The molecule has 1 unspecified atom stereocenters. The molecular formula is C10H18O2. The molecular weight excluding hydrogens is 152 g/mol. The van der Waals surface area contributed by atoms with E-state index in [-0.39, 0.29) is 11.5 Å². The van der Waals surface area contributed by atoms with Crippen molar-refractivity contribution in [2.45, 2.75) is 51.6 Å². The lowest BCUT2D eigenvalue weighted by Gasteiger charge is -2.21. The van der Waals surface area contributed by atoms with Crippen LogP contribution in [-0.4, -0.2) is 17.5 Å². The third-order valence-corrected chi connectivity index (χ3v) is 2.91. The zero-order chi connectivity index (χ0) is 9.03. The van der Waals surface area contributed by atoms with Crippen molar-refractivity contribution in [2.75, 3.05) is 0 Å². The first-order chi connectivity index (χ1) is 5.68. The smallest absolute Gasteiger partial charge is 0.126 e. The average Bonchev–Trinajstić information content (AvgIpc) is 2.50. The summed E-state index contributed by atoms with van der Waals surface area (Å²) in [5.74, 6) is 0. The van der Waals surface area contributed by atoms with Gasteiger partial charge in [-0.3, -0.25) is 0 Å². The van der Waals surface area contributed by atoms with Gasteiger partial charge in [-0.1, -0.05) is 12.8 Å². The molecule has 0 aromatic heterocycles. The van der Waals surface area contributed by atoms with E-state index in [1.165, 1.54) is 12.8 Å². The predicted molar refractivity (Wildman–Crippen MR) is 47.9 cm³/mol. The third kappa shape index (κ3) is 2.31. The maximum absolute atomic E-state index is 10.9. The fourth-order valence-electron chi connectivity index (χ4n) is 2.00. The van der Waals surface area contributed by atoms with E-state index in [1.807, 2.05) is 0 Å². The van der Waals surface area contributed by atoms with Crippen molar-refractivity contribution in [3.05, 3.63) is 0 Å². The Balaban J connectivity index is 2.39. The van der Waals surface area contributed by atoms with Crippen molar-refractivity contribution in [1.29, 1.82) is 0 Å². The number of carbonyl (C=O) groups is 1. The van der Waals surface area contributed by atoms with Gasteiger partial charge in [-0.2, -0.15) is 0 Å². The summed E-state index contributed by atoms with van der Waals surface area (Å²) in [7, 11) is 0. The lowest BCUT2D eigenvalue weighted by atomic mass is 9.82. The quantitative estimate of drug-likeness (QED) is 0.654. The summed E-state index contributed by atoms with van der Waals surface area (Å²) < 4.78 is 0. The number of rotatable bonds is 4. The summed E-state index contributed by atoms with van der Waals surface area (Å²) in [4.78, 5) is 10.9. The van der Waals surface area contributed by atoms with Gasteiger partial charge in [0.05, 0.1) is 6.10 Å². The topological polar surface area (TPSA) is 37.3 Å². The Morgan fingerprint density at radius 3 is 2.50 bits per heavy atom. The number of aliphatic hydroxyl groups excluding tert-OH is 1. The highest BCUT2D eigenvalue weighted by molar-refractivity contribution is 5.59. The Hall–Kier alpha value is -0.370. The maximum atomic E-state index is 10.9. The van der Waals surface area contributed by atoms with Crippen LogP contribution < -0.4 is 0 Å². The fourth-order valence-corrected chi connectivity index (χ4v) is 2.00. The highest BCUT2D eigenvalue weighted by atomic mass is 16.3. The van der Waals surface area contributed by atoms with E-state index in [9.17, 15) is 4.79 Å². The molecule has 2 nitrogen and oxygen atoms in total. The van der Waals surface area contributed by atoms with Crippen LogP contribution in [0.2, 0.25) is 0 Å². The zero-order valence-corrected chi connectivity index (χ0v) is 7.75. The number of aliphatic hydroxyl groups is 1. The van der Waals surface area contributed by atoms with Crippen molar-refractivity contribution >= 4 is 6.29 Å². The van der Waals surface area contributed by atoms with Crippen LogP contribution in [0.15, 0.2) is 0 Å². The first-order valence-corrected chi connectivity index (χ1v) is 4.83. The van der Waals surface area contributed by atoms with Crippen LogP contribution in [0.1, 0.15) is 45.4 Å². The molecule has 0 saturated heterocycles. The second kappa shape index (κ2) is 4.04. The minimum Gasteiger partial charge on any atom is -0.393 e. The molecule has 1 fully saturated rings. The van der Waals surface area contributed by atoms with Crippen molar-refractivity contribution in [3.63, 3.8) is 0 Å². The maximum Gasteiger partial charge on any atom is 0.126 e. The Morgan fingerprint density at radius 1 is 1.50 bits per heavy atom. The van der Waals surface area contributed by atoms with Gasteiger partial charge < -0.3 is 9.90 Å². The van der Waals surface area contributed by atoms with Gasteiger partial charge in [0.25, 0.3) is 0 Å². The number of aldehydes is 1. The van der Waals surface area contributed by atoms with Gasteiger partial charge in [0.2, 0.25) is 0 Å². The van der Waals surface area contributed by atoms with Crippen LogP contribution >= 0.6 is 0 Å². The number of carbonyl (C=O) groups excluding carboxylic acids is 1. The van der Waals surface area contributed by atoms with Crippen molar-refractivity contribution in [1.82, 2.24) is 0 Å². The predicted octanol–water partition coefficient (Wildman–Crippen LogP) is 1.91. The van der Waals surface area contributed by atoms with Crippen LogP contribution in [0, 0.1) is 5.41 Å². The lowest BCUT2D eigenvalue weighted by molar-refractivity contribution is -0.116. The molecule has 0 bridgehead atoms. The number of hydrogen-bond acceptors (Lipinski definition) is 2. The molecule has 2 heteroatoms. The standard InChI is InChI=1S/C10H18O2/c1-9(12)4-7-10(8-11)5-2-3-6-10/h8-9,12H,2-7H2,1H3. The van der Waals surface area contributed by atoms with Crippen LogP contribution in [0.5, 0.6) is 0 Å². The van der Waals surface area contributed by atoms with E-state index >= 15 is 0 Å². The van der Waals surface area contributed by atoms with Gasteiger partial charge in [0, 0.05) is 5.41 Å². The molecule has 0 aromatic carbocycles. The summed E-state index contributed by atoms with van der Waals surface area (Å²) in [6, 6.07) is 0. The van der Waals surface area contributed by atoms with E-state index in [0.29, 0.717) is 0 Å². The van der Waals surface area contributed by atoms with E-state index in [0.717, 1.165) is 32.0 Å². The molecule has 1 N–H and O–H groups in total. The Labute approximate surface area is 74.0 Å². The van der Waals surface area contributed by atoms with Gasteiger partial charge in [-0.15, -0.1) is 0 Å². The Bertz CT molecular complexity index is 146. The molecule has 1 aliphatic carbocycles. The highest BCUT2D eigenvalue weighted by Gasteiger charge is 2.33. The minimum absolute atomic E-state index is 0.0724. The van der Waals surface area contributed by atoms with E-state index in [2.05, 4.69) is 0 Å². The monoisotopic (exact) mass is 170 g/mol. The second-order valence-electron chi connectivity index (χ2n) is 4.08. The largest absolute Gasteiger partial charge is 0.393 e. The van der Waals surface area contributed by atoms with E-state index in [4.69, 9.17) is 5.11 Å². The van der Waals surface area contributed by atoms with Crippen molar-refractivity contribution in [3.8, 4) is 0 Å². The summed E-state index contributed by atoms with van der Waals surface area (Å²) in [6.45, 7) is 1.79. The van der Waals surface area contributed by atoms with Crippen LogP contribution in [0.3, 0.4) is 0 Å². The summed E-state index contributed by atoms with van der Waals surface area (Å²) >= 11 is 0.